The lowest BCUT2D eigenvalue weighted by atomic mass is 10.1. The van der Waals surface area contributed by atoms with E-state index in [-0.39, 0.29) is 6.61 Å². The Bertz CT molecular complexity index is 940. The quantitative estimate of drug-likeness (QED) is 0.702. The molecule has 5 nitrogen and oxygen atoms in total. The van der Waals surface area contributed by atoms with Gasteiger partial charge in [0.25, 0.3) is 0 Å². The predicted molar refractivity (Wildman–Crippen MR) is 117 cm³/mol. The van der Waals surface area contributed by atoms with Gasteiger partial charge in [0.1, 0.15) is 0 Å². The molecule has 1 aliphatic heterocycles. The molecule has 1 aliphatic rings. The van der Waals surface area contributed by atoms with Crippen LogP contribution >= 0.6 is 0 Å². The number of aromatic nitrogens is 2. The summed E-state index contributed by atoms with van der Waals surface area (Å²) in [5.41, 5.74) is 7.07. The molecule has 3 aromatic rings. The molecule has 4 rings (SSSR count). The van der Waals surface area contributed by atoms with E-state index in [0.29, 0.717) is 0 Å². The van der Waals surface area contributed by atoms with Crippen LogP contribution in [0.3, 0.4) is 0 Å². The number of aryl methyl sites for hydroxylation is 2. The van der Waals surface area contributed by atoms with Crippen molar-refractivity contribution >= 4 is 0 Å². The maximum absolute atomic E-state index is 9.17. The summed E-state index contributed by atoms with van der Waals surface area (Å²) in [5, 5.41) is 14.1. The van der Waals surface area contributed by atoms with Crippen LogP contribution in [-0.2, 0) is 6.54 Å². The van der Waals surface area contributed by atoms with Gasteiger partial charge in [-0.05, 0) is 32.0 Å². The lowest BCUT2D eigenvalue weighted by molar-refractivity contribution is 0.108. The van der Waals surface area contributed by atoms with E-state index in [1.165, 1.54) is 22.3 Å². The lowest BCUT2D eigenvalue weighted by Gasteiger charge is -2.34. The highest BCUT2D eigenvalue weighted by atomic mass is 16.3. The standard InChI is InChI=1S/C24H30N4O/c1-19-6-8-23(9-7-19)28-18-22(17-27-12-10-26(11-13-27)14-15-29)24(25-28)21-5-3-4-20(2)16-21/h3-9,16,18,29H,10-15,17H2,1-2H3. The molecule has 0 radical (unpaired) electrons. The molecule has 1 fully saturated rings. The van der Waals surface area contributed by atoms with Gasteiger partial charge in [0.15, 0.2) is 0 Å². The first-order valence-corrected chi connectivity index (χ1v) is 10.4. The van der Waals surface area contributed by atoms with Crippen molar-refractivity contribution in [3.63, 3.8) is 0 Å². The van der Waals surface area contributed by atoms with Crippen LogP contribution in [0.4, 0.5) is 0 Å². The second kappa shape index (κ2) is 8.91. The Morgan fingerprint density at radius 2 is 1.62 bits per heavy atom. The van der Waals surface area contributed by atoms with Gasteiger partial charge in [0.05, 0.1) is 18.0 Å². The summed E-state index contributed by atoms with van der Waals surface area (Å²) >= 11 is 0. The van der Waals surface area contributed by atoms with Crippen LogP contribution in [0.1, 0.15) is 16.7 Å². The maximum atomic E-state index is 9.17. The molecule has 0 aliphatic carbocycles. The third kappa shape index (κ3) is 4.75. The molecule has 1 aromatic heterocycles. The van der Waals surface area contributed by atoms with E-state index in [2.05, 4.69) is 78.4 Å². The van der Waals surface area contributed by atoms with Crippen molar-refractivity contribution < 1.29 is 5.11 Å². The second-order valence-corrected chi connectivity index (χ2v) is 7.99. The highest BCUT2D eigenvalue weighted by Crippen LogP contribution is 2.26. The summed E-state index contributed by atoms with van der Waals surface area (Å²) in [4.78, 5) is 4.82. The molecule has 29 heavy (non-hydrogen) atoms. The number of piperazine rings is 1. The van der Waals surface area contributed by atoms with E-state index in [1.807, 2.05) is 4.68 Å². The van der Waals surface area contributed by atoms with Gasteiger partial charge >= 0.3 is 0 Å². The third-order valence-electron chi connectivity index (χ3n) is 5.66. The number of nitrogens with zero attached hydrogens (tertiary/aromatic N) is 4. The van der Waals surface area contributed by atoms with Gasteiger partial charge in [-0.3, -0.25) is 9.80 Å². The minimum atomic E-state index is 0.237. The molecule has 152 valence electrons. The summed E-state index contributed by atoms with van der Waals surface area (Å²) in [6.07, 6.45) is 2.18. The normalized spacial score (nSPS) is 15.7. The molecule has 0 unspecified atom stereocenters. The molecule has 0 spiro atoms. The lowest BCUT2D eigenvalue weighted by Crippen LogP contribution is -2.46. The number of β-amino-alcohol motifs (C(OH)–C–C–N with tert-alkyl or cyclic N) is 1. The van der Waals surface area contributed by atoms with Gasteiger partial charge < -0.3 is 5.11 Å². The number of aliphatic hydroxyl groups is 1. The topological polar surface area (TPSA) is 44.5 Å². The molecule has 5 heteroatoms. The van der Waals surface area contributed by atoms with Crippen molar-refractivity contribution in [3.05, 3.63) is 71.4 Å². The zero-order valence-corrected chi connectivity index (χ0v) is 17.4. The largest absolute Gasteiger partial charge is 0.395 e. The predicted octanol–water partition coefficient (Wildman–Crippen LogP) is 3.27. The first-order valence-electron chi connectivity index (χ1n) is 10.4. The highest BCUT2D eigenvalue weighted by molar-refractivity contribution is 5.64. The smallest absolute Gasteiger partial charge is 0.0972 e. The molecule has 1 N–H and O–H groups in total. The van der Waals surface area contributed by atoms with Gasteiger partial charge in [0, 0.05) is 56.6 Å². The molecule has 0 amide bonds. The molecule has 0 bridgehead atoms. The number of hydrogen-bond acceptors (Lipinski definition) is 4. The van der Waals surface area contributed by atoms with Crippen molar-refractivity contribution in [3.8, 4) is 16.9 Å². The van der Waals surface area contributed by atoms with Crippen molar-refractivity contribution in [1.29, 1.82) is 0 Å². The van der Waals surface area contributed by atoms with Crippen LogP contribution < -0.4 is 0 Å². The number of hydrogen-bond donors (Lipinski definition) is 1. The summed E-state index contributed by atoms with van der Waals surface area (Å²) in [7, 11) is 0. The Labute approximate surface area is 173 Å². The Balaban J connectivity index is 1.61. The van der Waals surface area contributed by atoms with E-state index >= 15 is 0 Å². The van der Waals surface area contributed by atoms with E-state index in [0.717, 1.165) is 50.6 Å². The van der Waals surface area contributed by atoms with E-state index in [4.69, 9.17) is 10.2 Å². The number of aliphatic hydroxyl groups excluding tert-OH is 1. The molecule has 0 atom stereocenters. The van der Waals surface area contributed by atoms with Crippen LogP contribution in [0.2, 0.25) is 0 Å². The van der Waals surface area contributed by atoms with Gasteiger partial charge in [-0.2, -0.15) is 5.10 Å². The van der Waals surface area contributed by atoms with Gasteiger partial charge in [-0.15, -0.1) is 0 Å². The van der Waals surface area contributed by atoms with Crippen LogP contribution in [0.15, 0.2) is 54.7 Å². The molecule has 0 saturated carbocycles. The van der Waals surface area contributed by atoms with E-state index < -0.39 is 0 Å². The molecular weight excluding hydrogens is 360 g/mol. The van der Waals surface area contributed by atoms with Crippen LogP contribution in [0.5, 0.6) is 0 Å². The van der Waals surface area contributed by atoms with Crippen molar-refractivity contribution in [1.82, 2.24) is 19.6 Å². The maximum Gasteiger partial charge on any atom is 0.0972 e. The van der Waals surface area contributed by atoms with E-state index in [1.54, 1.807) is 0 Å². The SMILES string of the molecule is Cc1ccc(-n2cc(CN3CCN(CCO)CC3)c(-c3cccc(C)c3)n2)cc1. The molecular formula is C24H30N4O. The second-order valence-electron chi connectivity index (χ2n) is 7.99. The highest BCUT2D eigenvalue weighted by Gasteiger charge is 2.20. The number of benzene rings is 2. The Morgan fingerprint density at radius 3 is 2.31 bits per heavy atom. The minimum absolute atomic E-state index is 0.237. The average Bonchev–Trinajstić information content (AvgIpc) is 3.14. The fraction of sp³-hybridized carbons (Fsp3) is 0.375. The molecule has 2 heterocycles. The molecule has 2 aromatic carbocycles. The minimum Gasteiger partial charge on any atom is -0.395 e. The van der Waals surface area contributed by atoms with E-state index in [9.17, 15) is 0 Å². The van der Waals surface area contributed by atoms with Crippen molar-refractivity contribution in [2.24, 2.45) is 0 Å². The Morgan fingerprint density at radius 1 is 0.897 bits per heavy atom. The first-order chi connectivity index (χ1) is 14.1. The summed E-state index contributed by atoms with van der Waals surface area (Å²) in [6, 6.07) is 17.1. The Hall–Kier alpha value is -2.47. The molecule has 1 saturated heterocycles. The first kappa shape index (κ1) is 19.8. The van der Waals surface area contributed by atoms with Crippen LogP contribution in [0, 0.1) is 13.8 Å². The summed E-state index contributed by atoms with van der Waals surface area (Å²) in [6.45, 7) is 10.2. The average molecular weight is 391 g/mol. The van der Waals surface area contributed by atoms with Crippen molar-refractivity contribution in [2.75, 3.05) is 39.3 Å². The van der Waals surface area contributed by atoms with Crippen LogP contribution in [-0.4, -0.2) is 64.0 Å². The third-order valence-corrected chi connectivity index (χ3v) is 5.66. The number of rotatable bonds is 6. The Kier molecular flexibility index (Phi) is 6.09. The van der Waals surface area contributed by atoms with Gasteiger partial charge in [-0.25, -0.2) is 4.68 Å². The summed E-state index contributed by atoms with van der Waals surface area (Å²) < 4.78 is 2.01. The fourth-order valence-corrected chi connectivity index (χ4v) is 3.94. The zero-order valence-electron chi connectivity index (χ0n) is 17.4. The zero-order chi connectivity index (χ0) is 20.2. The van der Waals surface area contributed by atoms with Gasteiger partial charge in [-0.1, -0.05) is 41.5 Å². The monoisotopic (exact) mass is 390 g/mol. The summed E-state index contributed by atoms with van der Waals surface area (Å²) in [5.74, 6) is 0. The van der Waals surface area contributed by atoms with Crippen molar-refractivity contribution in [2.45, 2.75) is 20.4 Å². The van der Waals surface area contributed by atoms with Gasteiger partial charge in [0.2, 0.25) is 0 Å². The fourth-order valence-electron chi connectivity index (χ4n) is 3.94. The van der Waals surface area contributed by atoms with Crippen LogP contribution in [0.25, 0.3) is 16.9 Å².